The van der Waals surface area contributed by atoms with Crippen molar-refractivity contribution in [3.63, 3.8) is 0 Å². The first-order chi connectivity index (χ1) is 9.78. The molecule has 1 saturated heterocycles. The summed E-state index contributed by atoms with van der Waals surface area (Å²) in [4.78, 5) is 4.60. The molecule has 0 spiro atoms. The van der Waals surface area contributed by atoms with Crippen LogP contribution in [0.15, 0.2) is 33.7 Å². The van der Waals surface area contributed by atoms with Crippen LogP contribution < -0.4 is 10.6 Å². The van der Waals surface area contributed by atoms with E-state index >= 15 is 0 Å². The van der Waals surface area contributed by atoms with Crippen LogP contribution in [0.3, 0.4) is 0 Å². The van der Waals surface area contributed by atoms with Crippen LogP contribution in [0.5, 0.6) is 0 Å². The highest BCUT2D eigenvalue weighted by atomic mass is 79.9. The summed E-state index contributed by atoms with van der Waals surface area (Å²) in [6.45, 7) is 5.32. The van der Waals surface area contributed by atoms with Crippen molar-refractivity contribution in [2.24, 2.45) is 4.99 Å². The van der Waals surface area contributed by atoms with E-state index in [1.165, 1.54) is 12.0 Å². The Kier molecular flexibility index (Phi) is 6.33. The Bertz CT molecular complexity index is 427. The number of hydrogen-bond donors (Lipinski definition) is 2. The molecule has 4 nitrogen and oxygen atoms in total. The highest BCUT2D eigenvalue weighted by Crippen LogP contribution is 2.11. The van der Waals surface area contributed by atoms with Gasteiger partial charge in [0.2, 0.25) is 0 Å². The third-order valence-corrected chi connectivity index (χ3v) is 3.73. The summed E-state index contributed by atoms with van der Waals surface area (Å²) in [5, 5.41) is 6.61. The van der Waals surface area contributed by atoms with E-state index in [1.807, 2.05) is 12.1 Å². The SMILES string of the molecule is CCNC(=NCc1ccc(Br)cc1)NCC1CCCO1. The lowest BCUT2D eigenvalue weighted by Gasteiger charge is -2.14. The van der Waals surface area contributed by atoms with Gasteiger partial charge in [-0.1, -0.05) is 28.1 Å². The van der Waals surface area contributed by atoms with Crippen LogP contribution in [0, 0.1) is 0 Å². The number of halogens is 1. The number of nitrogens with zero attached hydrogens (tertiary/aromatic N) is 1. The lowest BCUT2D eigenvalue weighted by Crippen LogP contribution is -2.41. The largest absolute Gasteiger partial charge is 0.376 e. The van der Waals surface area contributed by atoms with E-state index in [0.29, 0.717) is 12.6 Å². The molecule has 0 aromatic heterocycles. The third kappa shape index (κ3) is 5.13. The van der Waals surface area contributed by atoms with Crippen molar-refractivity contribution in [1.82, 2.24) is 10.6 Å². The molecule has 1 aromatic rings. The third-order valence-electron chi connectivity index (χ3n) is 3.20. The molecule has 5 heteroatoms. The molecule has 1 aliphatic heterocycles. The van der Waals surface area contributed by atoms with E-state index in [2.05, 4.69) is 50.6 Å². The standard InChI is InChI=1S/C15H22BrN3O/c1-2-17-15(19-11-14-4-3-9-20-14)18-10-12-5-7-13(16)8-6-12/h5-8,14H,2-4,9-11H2,1H3,(H2,17,18,19). The van der Waals surface area contributed by atoms with E-state index in [4.69, 9.17) is 4.74 Å². The molecule has 1 atom stereocenters. The van der Waals surface area contributed by atoms with Crippen LogP contribution in [0.25, 0.3) is 0 Å². The minimum absolute atomic E-state index is 0.325. The van der Waals surface area contributed by atoms with Crippen LogP contribution in [0.2, 0.25) is 0 Å². The zero-order valence-corrected chi connectivity index (χ0v) is 13.4. The molecular formula is C15H22BrN3O. The highest BCUT2D eigenvalue weighted by Gasteiger charge is 2.15. The van der Waals surface area contributed by atoms with Gasteiger partial charge in [0.1, 0.15) is 0 Å². The second-order valence-corrected chi connectivity index (χ2v) is 5.75. The Labute approximate surface area is 129 Å². The van der Waals surface area contributed by atoms with Gasteiger partial charge in [-0.3, -0.25) is 0 Å². The molecule has 1 unspecified atom stereocenters. The summed E-state index contributed by atoms with van der Waals surface area (Å²) < 4.78 is 6.70. The van der Waals surface area contributed by atoms with Gasteiger partial charge in [-0.25, -0.2) is 4.99 Å². The fraction of sp³-hybridized carbons (Fsp3) is 0.533. The molecule has 1 aromatic carbocycles. The average molecular weight is 340 g/mol. The molecule has 1 aliphatic rings. The monoisotopic (exact) mass is 339 g/mol. The number of hydrogen-bond acceptors (Lipinski definition) is 2. The number of ether oxygens (including phenoxy) is 1. The fourth-order valence-electron chi connectivity index (χ4n) is 2.12. The average Bonchev–Trinajstić information content (AvgIpc) is 2.97. The Morgan fingerprint density at radius 2 is 2.15 bits per heavy atom. The van der Waals surface area contributed by atoms with E-state index < -0.39 is 0 Å². The first-order valence-electron chi connectivity index (χ1n) is 7.16. The Morgan fingerprint density at radius 3 is 2.80 bits per heavy atom. The predicted octanol–water partition coefficient (Wildman–Crippen LogP) is 2.68. The second kappa shape index (κ2) is 8.27. The van der Waals surface area contributed by atoms with Gasteiger partial charge in [0.15, 0.2) is 5.96 Å². The molecule has 0 saturated carbocycles. The summed E-state index contributed by atoms with van der Waals surface area (Å²) in [6, 6.07) is 8.24. The maximum atomic E-state index is 5.61. The molecular weight excluding hydrogens is 318 g/mol. The summed E-state index contributed by atoms with van der Waals surface area (Å²) in [5.74, 6) is 0.853. The summed E-state index contributed by atoms with van der Waals surface area (Å²) >= 11 is 3.44. The lowest BCUT2D eigenvalue weighted by molar-refractivity contribution is 0.114. The zero-order valence-electron chi connectivity index (χ0n) is 11.9. The highest BCUT2D eigenvalue weighted by molar-refractivity contribution is 9.10. The minimum atomic E-state index is 0.325. The molecule has 1 heterocycles. The number of rotatable bonds is 5. The molecule has 0 bridgehead atoms. The van der Waals surface area contributed by atoms with Crippen molar-refractivity contribution in [2.45, 2.75) is 32.4 Å². The van der Waals surface area contributed by atoms with Gasteiger partial charge in [0.25, 0.3) is 0 Å². The number of nitrogens with one attached hydrogen (secondary N) is 2. The van der Waals surface area contributed by atoms with Crippen molar-refractivity contribution in [2.75, 3.05) is 19.7 Å². The zero-order chi connectivity index (χ0) is 14.2. The second-order valence-electron chi connectivity index (χ2n) is 4.84. The Hall–Kier alpha value is -1.07. The van der Waals surface area contributed by atoms with Crippen molar-refractivity contribution in [1.29, 1.82) is 0 Å². The number of benzene rings is 1. The lowest BCUT2D eigenvalue weighted by atomic mass is 10.2. The van der Waals surface area contributed by atoms with Crippen LogP contribution in [0.4, 0.5) is 0 Å². The van der Waals surface area contributed by atoms with Gasteiger partial charge >= 0.3 is 0 Å². The van der Waals surface area contributed by atoms with E-state index in [1.54, 1.807) is 0 Å². The van der Waals surface area contributed by atoms with Gasteiger partial charge in [-0.15, -0.1) is 0 Å². The van der Waals surface area contributed by atoms with Crippen LogP contribution in [-0.4, -0.2) is 31.8 Å². The Morgan fingerprint density at radius 1 is 1.35 bits per heavy atom. The maximum absolute atomic E-state index is 5.61. The van der Waals surface area contributed by atoms with Gasteiger partial charge in [-0.05, 0) is 37.5 Å². The molecule has 1 fully saturated rings. The first-order valence-corrected chi connectivity index (χ1v) is 7.95. The molecule has 2 rings (SSSR count). The number of aliphatic imine (C=N–C) groups is 1. The summed E-state index contributed by atoms with van der Waals surface area (Å²) in [6.07, 6.45) is 2.63. The molecule has 110 valence electrons. The van der Waals surface area contributed by atoms with Crippen LogP contribution >= 0.6 is 15.9 Å². The molecule has 20 heavy (non-hydrogen) atoms. The summed E-state index contributed by atoms with van der Waals surface area (Å²) in [7, 11) is 0. The van der Waals surface area contributed by atoms with Gasteiger partial charge in [0, 0.05) is 24.2 Å². The van der Waals surface area contributed by atoms with Crippen molar-refractivity contribution in [3.05, 3.63) is 34.3 Å². The van der Waals surface area contributed by atoms with Gasteiger partial charge in [-0.2, -0.15) is 0 Å². The molecule has 0 radical (unpaired) electrons. The van der Waals surface area contributed by atoms with Crippen molar-refractivity contribution < 1.29 is 4.74 Å². The van der Waals surface area contributed by atoms with Crippen molar-refractivity contribution >= 4 is 21.9 Å². The van der Waals surface area contributed by atoms with E-state index in [-0.39, 0.29) is 0 Å². The van der Waals surface area contributed by atoms with E-state index in [0.717, 1.165) is 36.5 Å². The number of guanidine groups is 1. The topological polar surface area (TPSA) is 45.7 Å². The van der Waals surface area contributed by atoms with Crippen LogP contribution in [-0.2, 0) is 11.3 Å². The van der Waals surface area contributed by atoms with Crippen molar-refractivity contribution in [3.8, 4) is 0 Å². The fourth-order valence-corrected chi connectivity index (χ4v) is 2.38. The Balaban J connectivity index is 1.85. The molecule has 2 N–H and O–H groups in total. The van der Waals surface area contributed by atoms with Gasteiger partial charge < -0.3 is 15.4 Å². The first kappa shape index (κ1) is 15.3. The van der Waals surface area contributed by atoms with Crippen LogP contribution in [0.1, 0.15) is 25.3 Å². The quantitative estimate of drug-likeness (QED) is 0.640. The van der Waals surface area contributed by atoms with Gasteiger partial charge in [0.05, 0.1) is 12.6 Å². The minimum Gasteiger partial charge on any atom is -0.376 e. The molecule has 0 amide bonds. The molecule has 0 aliphatic carbocycles. The summed E-state index contributed by atoms with van der Waals surface area (Å²) in [5.41, 5.74) is 1.20. The van der Waals surface area contributed by atoms with E-state index in [9.17, 15) is 0 Å². The smallest absolute Gasteiger partial charge is 0.191 e. The maximum Gasteiger partial charge on any atom is 0.191 e. The normalized spacial score (nSPS) is 19.1. The predicted molar refractivity (Wildman–Crippen MR) is 85.9 cm³/mol.